The number of rotatable bonds is 5. The van der Waals surface area contributed by atoms with Gasteiger partial charge in [-0.25, -0.2) is 0 Å². The lowest BCUT2D eigenvalue weighted by atomic mass is 10.4. The molecule has 0 atom stereocenters. The molecule has 5 heteroatoms. The van der Waals surface area contributed by atoms with Crippen LogP contribution in [0.3, 0.4) is 0 Å². The van der Waals surface area contributed by atoms with Crippen LogP contribution in [-0.4, -0.2) is 39.7 Å². The van der Waals surface area contributed by atoms with Crippen LogP contribution in [-0.2, 0) is 11.3 Å². The third-order valence-electron chi connectivity index (χ3n) is 1.90. The predicted octanol–water partition coefficient (Wildman–Crippen LogP) is 0.0648. The summed E-state index contributed by atoms with van der Waals surface area (Å²) in [5.74, 6) is 0.911. The number of carbonyl (C=O) groups excluding carboxylic acids is 1. The normalized spacial score (nSPS) is 10.0. The molecule has 1 heterocycles. The average molecular weight is 182 g/mol. The second-order valence-electron chi connectivity index (χ2n) is 3.01. The lowest BCUT2D eigenvalue weighted by molar-refractivity contribution is -0.117. The van der Waals surface area contributed by atoms with E-state index in [9.17, 15) is 4.79 Å². The summed E-state index contributed by atoms with van der Waals surface area (Å²) >= 11 is 0. The Labute approximate surface area is 77.4 Å². The zero-order valence-electron chi connectivity index (χ0n) is 7.97. The first kappa shape index (κ1) is 9.70. The van der Waals surface area contributed by atoms with Crippen molar-refractivity contribution in [2.75, 3.05) is 13.6 Å². The lowest BCUT2D eigenvalue weighted by Gasteiger charge is -2.10. The predicted molar refractivity (Wildman–Crippen MR) is 48.1 cm³/mol. The molecule has 5 nitrogen and oxygen atoms in total. The highest BCUT2D eigenvalue weighted by molar-refractivity contribution is 5.46. The fourth-order valence-electron chi connectivity index (χ4n) is 1.08. The maximum atomic E-state index is 10.3. The van der Waals surface area contributed by atoms with Crippen LogP contribution >= 0.6 is 0 Å². The van der Waals surface area contributed by atoms with Gasteiger partial charge >= 0.3 is 0 Å². The summed E-state index contributed by atoms with van der Waals surface area (Å²) in [6.07, 6.45) is 3.46. The van der Waals surface area contributed by atoms with Gasteiger partial charge in [0.2, 0.25) is 6.41 Å². The Kier molecular flexibility index (Phi) is 3.42. The summed E-state index contributed by atoms with van der Waals surface area (Å²) in [7, 11) is 1.77. The first-order valence-electron chi connectivity index (χ1n) is 4.24. The van der Waals surface area contributed by atoms with Crippen molar-refractivity contribution in [2.24, 2.45) is 0 Å². The van der Waals surface area contributed by atoms with Crippen molar-refractivity contribution in [3.8, 4) is 0 Å². The van der Waals surface area contributed by atoms with Gasteiger partial charge in [0.15, 0.2) is 0 Å². The molecule has 0 radical (unpaired) electrons. The molecule has 0 saturated carbocycles. The Morgan fingerprint density at radius 1 is 1.69 bits per heavy atom. The van der Waals surface area contributed by atoms with Crippen molar-refractivity contribution in [2.45, 2.75) is 19.9 Å². The Bertz CT molecular complexity index is 271. The van der Waals surface area contributed by atoms with Crippen LogP contribution in [0.25, 0.3) is 0 Å². The van der Waals surface area contributed by atoms with Crippen molar-refractivity contribution in [1.82, 2.24) is 19.7 Å². The molecule has 0 aromatic carbocycles. The van der Waals surface area contributed by atoms with Crippen molar-refractivity contribution < 1.29 is 4.79 Å². The number of hydrogen-bond donors (Lipinski definition) is 0. The van der Waals surface area contributed by atoms with Gasteiger partial charge in [0, 0.05) is 20.1 Å². The van der Waals surface area contributed by atoms with Gasteiger partial charge in [-0.15, -0.1) is 10.2 Å². The van der Waals surface area contributed by atoms with Gasteiger partial charge in [-0.05, 0) is 13.3 Å². The SMILES string of the molecule is Cc1nncn1CCCN(C)C=O. The minimum absolute atomic E-state index is 0.765. The zero-order valence-corrected chi connectivity index (χ0v) is 7.97. The standard InChI is InChI=1S/C8H14N4O/c1-8-10-9-6-12(8)5-3-4-11(2)7-13/h6-7H,3-5H2,1-2H3. The minimum atomic E-state index is 0.765. The fraction of sp³-hybridized carbons (Fsp3) is 0.625. The number of aryl methyl sites for hydroxylation is 2. The smallest absolute Gasteiger partial charge is 0.209 e. The molecule has 1 amide bonds. The minimum Gasteiger partial charge on any atom is -0.348 e. The molecule has 0 bridgehead atoms. The highest BCUT2D eigenvalue weighted by Crippen LogP contribution is 1.95. The molecule has 72 valence electrons. The summed E-state index contributed by atoms with van der Waals surface area (Å²) in [5, 5.41) is 7.63. The molecular formula is C8H14N4O. The van der Waals surface area contributed by atoms with E-state index < -0.39 is 0 Å². The lowest BCUT2D eigenvalue weighted by Crippen LogP contribution is -2.18. The summed E-state index contributed by atoms with van der Waals surface area (Å²) in [6, 6.07) is 0. The molecule has 0 aliphatic rings. The van der Waals surface area contributed by atoms with Crippen LogP contribution < -0.4 is 0 Å². The van der Waals surface area contributed by atoms with Crippen LogP contribution in [0.1, 0.15) is 12.2 Å². The molecule has 1 aromatic heterocycles. The summed E-state index contributed by atoms with van der Waals surface area (Å²) < 4.78 is 1.97. The molecule has 0 aliphatic heterocycles. The van der Waals surface area contributed by atoms with Gasteiger partial charge in [0.05, 0.1) is 0 Å². The molecule has 1 aromatic rings. The molecule has 0 unspecified atom stereocenters. The Balaban J connectivity index is 2.27. The van der Waals surface area contributed by atoms with E-state index in [1.165, 1.54) is 0 Å². The van der Waals surface area contributed by atoms with Gasteiger partial charge < -0.3 is 9.47 Å². The van der Waals surface area contributed by atoms with Gasteiger partial charge in [-0.2, -0.15) is 0 Å². The van der Waals surface area contributed by atoms with E-state index in [2.05, 4.69) is 10.2 Å². The quantitative estimate of drug-likeness (QED) is 0.605. The molecular weight excluding hydrogens is 168 g/mol. The highest BCUT2D eigenvalue weighted by Gasteiger charge is 1.98. The van der Waals surface area contributed by atoms with E-state index in [-0.39, 0.29) is 0 Å². The monoisotopic (exact) mass is 182 g/mol. The third-order valence-corrected chi connectivity index (χ3v) is 1.90. The molecule has 13 heavy (non-hydrogen) atoms. The molecule has 0 aliphatic carbocycles. The van der Waals surface area contributed by atoms with Crippen molar-refractivity contribution in [3.63, 3.8) is 0 Å². The second-order valence-corrected chi connectivity index (χ2v) is 3.01. The van der Waals surface area contributed by atoms with E-state index >= 15 is 0 Å². The maximum Gasteiger partial charge on any atom is 0.209 e. The molecule has 1 rings (SSSR count). The highest BCUT2D eigenvalue weighted by atomic mass is 16.1. The van der Waals surface area contributed by atoms with E-state index in [0.29, 0.717) is 0 Å². The fourth-order valence-corrected chi connectivity index (χ4v) is 1.08. The zero-order chi connectivity index (χ0) is 9.68. The number of carbonyl (C=O) groups is 1. The van der Waals surface area contributed by atoms with Crippen LogP contribution in [0, 0.1) is 6.92 Å². The largest absolute Gasteiger partial charge is 0.348 e. The summed E-state index contributed by atoms with van der Waals surface area (Å²) in [5.41, 5.74) is 0. The molecule has 0 spiro atoms. The average Bonchev–Trinajstić information content (AvgIpc) is 2.52. The van der Waals surface area contributed by atoms with Crippen LogP contribution in [0.5, 0.6) is 0 Å². The van der Waals surface area contributed by atoms with E-state index in [4.69, 9.17) is 0 Å². The molecule has 0 fully saturated rings. The van der Waals surface area contributed by atoms with E-state index in [1.54, 1.807) is 18.3 Å². The van der Waals surface area contributed by atoms with E-state index in [0.717, 1.165) is 31.7 Å². The van der Waals surface area contributed by atoms with Crippen molar-refractivity contribution in [1.29, 1.82) is 0 Å². The second kappa shape index (κ2) is 4.59. The van der Waals surface area contributed by atoms with Crippen LogP contribution in [0.4, 0.5) is 0 Å². The van der Waals surface area contributed by atoms with E-state index in [1.807, 2.05) is 11.5 Å². The van der Waals surface area contributed by atoms with Crippen LogP contribution in [0.15, 0.2) is 6.33 Å². The molecule has 0 N–H and O–H groups in total. The van der Waals surface area contributed by atoms with Crippen molar-refractivity contribution in [3.05, 3.63) is 12.2 Å². The number of amides is 1. The number of nitrogens with zero attached hydrogens (tertiary/aromatic N) is 4. The third kappa shape index (κ3) is 2.85. The van der Waals surface area contributed by atoms with Crippen molar-refractivity contribution >= 4 is 6.41 Å². The Morgan fingerprint density at radius 2 is 2.46 bits per heavy atom. The number of aromatic nitrogens is 3. The maximum absolute atomic E-state index is 10.3. The Morgan fingerprint density at radius 3 is 3.00 bits per heavy atom. The molecule has 0 saturated heterocycles. The van der Waals surface area contributed by atoms with Gasteiger partial charge in [-0.3, -0.25) is 4.79 Å². The van der Waals surface area contributed by atoms with Gasteiger partial charge in [0.25, 0.3) is 0 Å². The number of hydrogen-bond acceptors (Lipinski definition) is 3. The summed E-state index contributed by atoms with van der Waals surface area (Å²) in [4.78, 5) is 11.9. The van der Waals surface area contributed by atoms with Gasteiger partial charge in [-0.1, -0.05) is 0 Å². The Hall–Kier alpha value is -1.39. The van der Waals surface area contributed by atoms with Crippen LogP contribution in [0.2, 0.25) is 0 Å². The first-order chi connectivity index (χ1) is 6.24. The topological polar surface area (TPSA) is 51.0 Å². The summed E-state index contributed by atoms with van der Waals surface area (Å²) in [6.45, 7) is 3.54. The first-order valence-corrected chi connectivity index (χ1v) is 4.24. The van der Waals surface area contributed by atoms with Gasteiger partial charge in [0.1, 0.15) is 12.2 Å².